The van der Waals surface area contributed by atoms with Crippen LogP contribution in [0.3, 0.4) is 0 Å². The van der Waals surface area contributed by atoms with Crippen LogP contribution in [0.2, 0.25) is 0 Å². The zero-order chi connectivity index (χ0) is 15.1. The highest BCUT2D eigenvalue weighted by atomic mass is 16.4. The number of amides is 1. The number of carboxylic acid groups (broad SMARTS) is 1. The lowest BCUT2D eigenvalue weighted by molar-refractivity contribution is -0.137. The zero-order valence-corrected chi connectivity index (χ0v) is 12.1. The maximum Gasteiger partial charge on any atom is 0.303 e. The first kappa shape index (κ1) is 15.3. The number of hydrogen-bond donors (Lipinski definition) is 1. The van der Waals surface area contributed by atoms with Gasteiger partial charge in [0.15, 0.2) is 0 Å². The summed E-state index contributed by atoms with van der Waals surface area (Å²) < 4.78 is 0. The molecule has 0 bridgehead atoms. The largest absolute Gasteiger partial charge is 0.481 e. The molecular formula is C17H21NO3. The predicted octanol–water partition coefficient (Wildman–Crippen LogP) is 2.80. The Morgan fingerprint density at radius 1 is 1.19 bits per heavy atom. The lowest BCUT2D eigenvalue weighted by atomic mass is 9.92. The molecule has 4 heteroatoms. The molecule has 0 aliphatic carbocycles. The summed E-state index contributed by atoms with van der Waals surface area (Å²) >= 11 is 0. The molecule has 1 aromatic carbocycles. The third kappa shape index (κ3) is 5.06. The normalized spacial score (nSPS) is 16.3. The molecule has 1 aliphatic rings. The fourth-order valence-electron chi connectivity index (χ4n) is 2.61. The van der Waals surface area contributed by atoms with Gasteiger partial charge in [-0.2, -0.15) is 0 Å². The number of carbonyl (C=O) groups excluding carboxylic acids is 1. The molecule has 0 atom stereocenters. The topological polar surface area (TPSA) is 57.6 Å². The lowest BCUT2D eigenvalue weighted by Crippen LogP contribution is -2.37. The molecule has 0 radical (unpaired) electrons. The molecule has 21 heavy (non-hydrogen) atoms. The van der Waals surface area contributed by atoms with E-state index in [1.165, 1.54) is 0 Å². The molecule has 1 amide bonds. The van der Waals surface area contributed by atoms with Gasteiger partial charge in [0.2, 0.25) is 5.91 Å². The number of rotatable bonds is 5. The number of benzene rings is 1. The van der Waals surface area contributed by atoms with E-state index in [2.05, 4.69) is 0 Å². The summed E-state index contributed by atoms with van der Waals surface area (Å²) in [5, 5.41) is 8.69. The van der Waals surface area contributed by atoms with Gasteiger partial charge >= 0.3 is 5.97 Å². The van der Waals surface area contributed by atoms with E-state index in [9.17, 15) is 9.59 Å². The Morgan fingerprint density at radius 2 is 1.86 bits per heavy atom. The van der Waals surface area contributed by atoms with Gasteiger partial charge in [-0.05, 0) is 36.8 Å². The van der Waals surface area contributed by atoms with Gasteiger partial charge in [0.25, 0.3) is 0 Å². The smallest absolute Gasteiger partial charge is 0.303 e. The Kier molecular flexibility index (Phi) is 5.55. The SMILES string of the molecule is O=C(O)CCC1CCN(C(=O)C=Cc2ccccc2)CC1. The van der Waals surface area contributed by atoms with E-state index < -0.39 is 5.97 Å². The third-order valence-corrected chi connectivity index (χ3v) is 3.91. The van der Waals surface area contributed by atoms with Gasteiger partial charge in [0.1, 0.15) is 0 Å². The summed E-state index contributed by atoms with van der Waals surface area (Å²) in [4.78, 5) is 24.5. The van der Waals surface area contributed by atoms with E-state index in [4.69, 9.17) is 5.11 Å². The van der Waals surface area contributed by atoms with Crippen LogP contribution in [0.15, 0.2) is 36.4 Å². The minimum atomic E-state index is -0.737. The first-order chi connectivity index (χ1) is 10.1. The van der Waals surface area contributed by atoms with E-state index in [1.807, 2.05) is 41.3 Å². The van der Waals surface area contributed by atoms with Crippen LogP contribution in [-0.2, 0) is 9.59 Å². The van der Waals surface area contributed by atoms with Crippen LogP contribution < -0.4 is 0 Å². The summed E-state index contributed by atoms with van der Waals surface area (Å²) in [6, 6.07) is 9.75. The van der Waals surface area contributed by atoms with Crippen molar-refractivity contribution < 1.29 is 14.7 Å². The minimum Gasteiger partial charge on any atom is -0.481 e. The van der Waals surface area contributed by atoms with Gasteiger partial charge in [-0.15, -0.1) is 0 Å². The quantitative estimate of drug-likeness (QED) is 0.847. The Hall–Kier alpha value is -2.10. The number of aliphatic carboxylic acids is 1. The lowest BCUT2D eigenvalue weighted by Gasteiger charge is -2.31. The molecule has 1 heterocycles. The summed E-state index contributed by atoms with van der Waals surface area (Å²) in [5.41, 5.74) is 1.02. The highest BCUT2D eigenvalue weighted by Gasteiger charge is 2.21. The molecule has 1 fully saturated rings. The van der Waals surface area contributed by atoms with Crippen molar-refractivity contribution in [3.63, 3.8) is 0 Å². The van der Waals surface area contributed by atoms with Crippen molar-refractivity contribution in [2.24, 2.45) is 5.92 Å². The van der Waals surface area contributed by atoms with Crippen LogP contribution >= 0.6 is 0 Å². The standard InChI is InChI=1S/C17H21NO3/c19-16(8-6-14-4-2-1-3-5-14)18-12-10-15(11-13-18)7-9-17(20)21/h1-6,8,15H,7,9-13H2,(H,20,21). The average Bonchev–Trinajstić information content (AvgIpc) is 2.52. The predicted molar refractivity (Wildman–Crippen MR) is 81.6 cm³/mol. The van der Waals surface area contributed by atoms with Gasteiger partial charge in [-0.25, -0.2) is 0 Å². The summed E-state index contributed by atoms with van der Waals surface area (Å²) in [6.07, 6.45) is 6.20. The molecule has 0 spiro atoms. The Bertz CT molecular complexity index is 502. The molecule has 0 unspecified atom stereocenters. The Balaban J connectivity index is 1.78. The van der Waals surface area contributed by atoms with Crippen LogP contribution in [0.4, 0.5) is 0 Å². The zero-order valence-electron chi connectivity index (χ0n) is 12.1. The molecule has 4 nitrogen and oxygen atoms in total. The molecule has 112 valence electrons. The van der Waals surface area contributed by atoms with Gasteiger partial charge < -0.3 is 10.0 Å². The fraction of sp³-hybridized carbons (Fsp3) is 0.412. The molecule has 1 N–H and O–H groups in total. The van der Waals surface area contributed by atoms with E-state index in [0.29, 0.717) is 5.92 Å². The Labute approximate surface area is 125 Å². The van der Waals surface area contributed by atoms with Crippen molar-refractivity contribution in [2.75, 3.05) is 13.1 Å². The molecule has 2 rings (SSSR count). The van der Waals surface area contributed by atoms with Crippen LogP contribution in [0.25, 0.3) is 6.08 Å². The maximum absolute atomic E-state index is 12.1. The molecular weight excluding hydrogens is 266 g/mol. The van der Waals surface area contributed by atoms with Crippen molar-refractivity contribution in [1.82, 2.24) is 4.90 Å². The highest BCUT2D eigenvalue weighted by molar-refractivity contribution is 5.91. The summed E-state index contributed by atoms with van der Waals surface area (Å²) in [7, 11) is 0. The van der Waals surface area contributed by atoms with Crippen molar-refractivity contribution in [3.05, 3.63) is 42.0 Å². The number of piperidine rings is 1. The van der Waals surface area contributed by atoms with Crippen LogP contribution in [-0.4, -0.2) is 35.0 Å². The maximum atomic E-state index is 12.1. The van der Waals surface area contributed by atoms with Crippen molar-refractivity contribution in [2.45, 2.75) is 25.7 Å². The minimum absolute atomic E-state index is 0.0375. The van der Waals surface area contributed by atoms with E-state index in [0.717, 1.165) is 37.9 Å². The average molecular weight is 287 g/mol. The fourth-order valence-corrected chi connectivity index (χ4v) is 2.61. The third-order valence-electron chi connectivity index (χ3n) is 3.91. The second-order valence-corrected chi connectivity index (χ2v) is 5.45. The van der Waals surface area contributed by atoms with Gasteiger partial charge in [-0.1, -0.05) is 30.3 Å². The summed E-state index contributed by atoms with van der Waals surface area (Å²) in [5.74, 6) is -0.266. The van der Waals surface area contributed by atoms with Gasteiger partial charge in [0.05, 0.1) is 0 Å². The number of carbonyl (C=O) groups is 2. The van der Waals surface area contributed by atoms with Crippen molar-refractivity contribution in [1.29, 1.82) is 0 Å². The number of hydrogen-bond acceptors (Lipinski definition) is 2. The summed E-state index contributed by atoms with van der Waals surface area (Å²) in [6.45, 7) is 1.45. The molecule has 0 saturated carbocycles. The number of likely N-dealkylation sites (tertiary alicyclic amines) is 1. The van der Waals surface area contributed by atoms with Crippen LogP contribution in [0, 0.1) is 5.92 Å². The monoisotopic (exact) mass is 287 g/mol. The molecule has 1 aromatic rings. The van der Waals surface area contributed by atoms with Gasteiger partial charge in [-0.3, -0.25) is 9.59 Å². The van der Waals surface area contributed by atoms with E-state index >= 15 is 0 Å². The second kappa shape index (κ2) is 7.62. The van der Waals surface area contributed by atoms with E-state index in [-0.39, 0.29) is 12.3 Å². The van der Waals surface area contributed by atoms with Crippen molar-refractivity contribution in [3.8, 4) is 0 Å². The first-order valence-corrected chi connectivity index (χ1v) is 7.39. The first-order valence-electron chi connectivity index (χ1n) is 7.39. The van der Waals surface area contributed by atoms with Gasteiger partial charge in [0, 0.05) is 25.6 Å². The number of nitrogens with zero attached hydrogens (tertiary/aromatic N) is 1. The van der Waals surface area contributed by atoms with Crippen LogP contribution in [0.1, 0.15) is 31.2 Å². The highest BCUT2D eigenvalue weighted by Crippen LogP contribution is 2.22. The molecule has 0 aromatic heterocycles. The number of carboxylic acids is 1. The second-order valence-electron chi connectivity index (χ2n) is 5.45. The van der Waals surface area contributed by atoms with Crippen LogP contribution in [0.5, 0.6) is 0 Å². The molecule has 1 aliphatic heterocycles. The molecule has 1 saturated heterocycles. The Morgan fingerprint density at radius 3 is 2.48 bits per heavy atom. The van der Waals surface area contributed by atoms with Crippen molar-refractivity contribution >= 4 is 18.0 Å². The van der Waals surface area contributed by atoms with E-state index in [1.54, 1.807) is 6.08 Å².